The van der Waals surface area contributed by atoms with Crippen LogP contribution in [-0.2, 0) is 0 Å². The third kappa shape index (κ3) is 4.97. The highest BCUT2D eigenvalue weighted by Gasteiger charge is 2.43. The van der Waals surface area contributed by atoms with Gasteiger partial charge in [0.2, 0.25) is 0 Å². The minimum Gasteiger partial charge on any atom is -0.458 e. The van der Waals surface area contributed by atoms with Crippen molar-refractivity contribution in [2.75, 3.05) is 9.80 Å². The fourth-order valence-corrected chi connectivity index (χ4v) is 8.49. The van der Waals surface area contributed by atoms with E-state index in [1.54, 1.807) is 0 Å². The third-order valence-corrected chi connectivity index (χ3v) is 10.7. The van der Waals surface area contributed by atoms with Gasteiger partial charge in [0.1, 0.15) is 23.0 Å². The average Bonchev–Trinajstić information content (AvgIpc) is 3.25. The molecule has 0 unspecified atom stereocenters. The van der Waals surface area contributed by atoms with E-state index in [0.717, 1.165) is 95.1 Å². The van der Waals surface area contributed by atoms with Crippen LogP contribution in [0, 0.1) is 0 Å². The van der Waals surface area contributed by atoms with Crippen LogP contribution in [0.5, 0.6) is 23.0 Å². The van der Waals surface area contributed by atoms with Gasteiger partial charge < -0.3 is 19.3 Å². The molecule has 258 valence electrons. The number of anilines is 6. The number of rotatable bonds is 6. The molecule has 0 amide bonds. The molecule has 9 aromatic rings. The molecule has 0 aliphatic carbocycles. The van der Waals surface area contributed by atoms with Gasteiger partial charge in [0.15, 0.2) is 0 Å². The van der Waals surface area contributed by atoms with Crippen LogP contribution in [0.25, 0.3) is 21.5 Å². The average molecular weight is 707 g/mol. The summed E-state index contributed by atoms with van der Waals surface area (Å²) >= 11 is 0. The zero-order valence-electron chi connectivity index (χ0n) is 29.6. The van der Waals surface area contributed by atoms with Gasteiger partial charge in [-0.1, -0.05) is 91.0 Å². The number of aromatic nitrogens is 2. The van der Waals surface area contributed by atoms with Gasteiger partial charge in [-0.3, -0.25) is 9.97 Å². The molecular formula is C48H31BN4O2. The van der Waals surface area contributed by atoms with E-state index in [0.29, 0.717) is 0 Å². The number of benzene rings is 7. The maximum atomic E-state index is 6.97. The summed E-state index contributed by atoms with van der Waals surface area (Å²) in [6.45, 7) is -0.159. The monoisotopic (exact) mass is 706 g/mol. The van der Waals surface area contributed by atoms with E-state index in [-0.39, 0.29) is 6.71 Å². The minimum atomic E-state index is -0.159. The highest BCUT2D eigenvalue weighted by atomic mass is 16.5. The number of pyridine rings is 2. The predicted molar refractivity (Wildman–Crippen MR) is 224 cm³/mol. The first kappa shape index (κ1) is 31.2. The number of fused-ring (bicyclic) bond motifs is 8. The fourth-order valence-electron chi connectivity index (χ4n) is 8.49. The van der Waals surface area contributed by atoms with E-state index < -0.39 is 0 Å². The summed E-state index contributed by atoms with van der Waals surface area (Å²) < 4.78 is 13.9. The Kier molecular flexibility index (Phi) is 7.17. The Hall–Kier alpha value is -7.38. The lowest BCUT2D eigenvalue weighted by Crippen LogP contribution is -2.58. The lowest BCUT2D eigenvalue weighted by atomic mass is 9.33. The highest BCUT2D eigenvalue weighted by molar-refractivity contribution is 7.01. The number of hydrogen-bond acceptors (Lipinski definition) is 6. The van der Waals surface area contributed by atoms with Crippen molar-refractivity contribution in [3.8, 4) is 23.0 Å². The Morgan fingerprint density at radius 2 is 0.727 bits per heavy atom. The van der Waals surface area contributed by atoms with Crippen LogP contribution in [0.1, 0.15) is 0 Å². The molecule has 7 heteroatoms. The summed E-state index contributed by atoms with van der Waals surface area (Å²) in [5, 5.41) is 4.49. The molecule has 4 heterocycles. The van der Waals surface area contributed by atoms with E-state index in [1.807, 2.05) is 67.3 Å². The Labute approximate surface area is 318 Å². The van der Waals surface area contributed by atoms with E-state index in [9.17, 15) is 0 Å². The summed E-state index contributed by atoms with van der Waals surface area (Å²) in [4.78, 5) is 13.3. The van der Waals surface area contributed by atoms with Gasteiger partial charge in [-0.05, 0) is 82.4 Å². The van der Waals surface area contributed by atoms with Crippen LogP contribution < -0.4 is 35.7 Å². The van der Waals surface area contributed by atoms with Crippen molar-refractivity contribution in [3.05, 3.63) is 189 Å². The van der Waals surface area contributed by atoms with E-state index in [2.05, 4.69) is 141 Å². The molecule has 0 radical (unpaired) electrons. The molecule has 0 saturated heterocycles. The molecule has 0 N–H and O–H groups in total. The van der Waals surface area contributed by atoms with Crippen molar-refractivity contribution in [1.29, 1.82) is 0 Å². The smallest absolute Gasteiger partial charge is 0.262 e. The lowest BCUT2D eigenvalue weighted by molar-refractivity contribution is 0.465. The molecule has 55 heavy (non-hydrogen) atoms. The van der Waals surface area contributed by atoms with Crippen LogP contribution in [0.3, 0.4) is 0 Å². The van der Waals surface area contributed by atoms with E-state index >= 15 is 0 Å². The minimum absolute atomic E-state index is 0.159. The zero-order valence-corrected chi connectivity index (χ0v) is 29.6. The summed E-state index contributed by atoms with van der Waals surface area (Å²) in [6, 6.07) is 57.1. The predicted octanol–water partition coefficient (Wildman–Crippen LogP) is 10.5. The summed E-state index contributed by atoms with van der Waals surface area (Å²) in [6.07, 6.45) is 7.36. The SMILES string of the molecule is c1ccc(N(c2ccncc2)c2cc3c(c4ccccc24)B2c4c(cccc4Oc4cc(N(c5ccccc5)c5ccncc5)c5ccccc5c42)O3)cc1. The molecule has 6 nitrogen and oxygen atoms in total. The van der Waals surface area contributed by atoms with Gasteiger partial charge in [-0.2, -0.15) is 0 Å². The van der Waals surface area contributed by atoms with Crippen molar-refractivity contribution in [2.45, 2.75) is 0 Å². The molecule has 2 aliphatic heterocycles. The third-order valence-electron chi connectivity index (χ3n) is 10.7. The first-order chi connectivity index (χ1) is 27.3. The molecule has 0 spiro atoms. The summed E-state index contributed by atoms with van der Waals surface area (Å²) in [7, 11) is 0. The second-order valence-electron chi connectivity index (χ2n) is 13.8. The van der Waals surface area contributed by atoms with Crippen LogP contribution in [0.4, 0.5) is 34.1 Å². The first-order valence-electron chi connectivity index (χ1n) is 18.4. The Morgan fingerprint density at radius 3 is 1.16 bits per heavy atom. The lowest BCUT2D eigenvalue weighted by Gasteiger charge is -2.36. The number of nitrogens with zero attached hydrogens (tertiary/aromatic N) is 4. The summed E-state index contributed by atoms with van der Waals surface area (Å²) in [5.41, 5.74) is 9.45. The van der Waals surface area contributed by atoms with Gasteiger partial charge in [0, 0.05) is 75.9 Å². The van der Waals surface area contributed by atoms with E-state index in [4.69, 9.17) is 9.47 Å². The molecule has 2 aliphatic rings. The molecule has 0 saturated carbocycles. The van der Waals surface area contributed by atoms with Gasteiger partial charge >= 0.3 is 0 Å². The first-order valence-corrected chi connectivity index (χ1v) is 18.4. The van der Waals surface area contributed by atoms with Gasteiger partial charge in [-0.25, -0.2) is 0 Å². The second kappa shape index (κ2) is 12.6. The molecule has 2 aromatic heterocycles. The van der Waals surface area contributed by atoms with Crippen molar-refractivity contribution in [3.63, 3.8) is 0 Å². The molecule has 11 rings (SSSR count). The van der Waals surface area contributed by atoms with Gasteiger partial charge in [0.25, 0.3) is 6.71 Å². The van der Waals surface area contributed by atoms with Crippen molar-refractivity contribution in [1.82, 2.24) is 9.97 Å². The fraction of sp³-hybridized carbons (Fsp3) is 0. The zero-order chi connectivity index (χ0) is 36.3. The van der Waals surface area contributed by atoms with Crippen LogP contribution >= 0.6 is 0 Å². The number of ether oxygens (including phenoxy) is 2. The van der Waals surface area contributed by atoms with Crippen LogP contribution in [0.15, 0.2) is 189 Å². The highest BCUT2D eigenvalue weighted by Crippen LogP contribution is 2.46. The van der Waals surface area contributed by atoms with Gasteiger partial charge in [0.05, 0.1) is 11.4 Å². The Bertz CT molecular complexity index is 2620. The topological polar surface area (TPSA) is 50.7 Å². The quantitative estimate of drug-likeness (QED) is 0.161. The standard InChI is InChI=1S/C48H31BN4O2/c1-3-12-32(13-4-1)52(34-22-26-50-27-23-34)40-30-44-46(38-18-9-7-16-36(38)40)49-47-39-19-10-8-17-37(39)41(31-45(47)55-43-21-11-20-42(54-44)48(43)49)53(33-14-5-2-6-15-33)35-24-28-51-29-25-35/h1-31H. The molecule has 0 atom stereocenters. The largest absolute Gasteiger partial charge is 0.458 e. The second-order valence-corrected chi connectivity index (χ2v) is 13.8. The van der Waals surface area contributed by atoms with Crippen LogP contribution in [-0.4, -0.2) is 16.7 Å². The van der Waals surface area contributed by atoms with Crippen LogP contribution in [0.2, 0.25) is 0 Å². The normalized spacial score (nSPS) is 12.3. The maximum absolute atomic E-state index is 6.97. The molecule has 7 aromatic carbocycles. The Balaban J connectivity index is 1.19. The van der Waals surface area contributed by atoms with Crippen molar-refractivity contribution in [2.24, 2.45) is 0 Å². The number of para-hydroxylation sites is 2. The molecule has 0 bridgehead atoms. The van der Waals surface area contributed by atoms with Crippen molar-refractivity contribution < 1.29 is 9.47 Å². The molecular weight excluding hydrogens is 675 g/mol. The Morgan fingerprint density at radius 1 is 0.345 bits per heavy atom. The molecule has 0 fully saturated rings. The summed E-state index contributed by atoms with van der Waals surface area (Å²) in [5.74, 6) is 3.24. The maximum Gasteiger partial charge on any atom is 0.262 e. The van der Waals surface area contributed by atoms with Crippen molar-refractivity contribution >= 4 is 78.8 Å². The van der Waals surface area contributed by atoms with E-state index in [1.165, 1.54) is 0 Å². The van der Waals surface area contributed by atoms with Gasteiger partial charge in [-0.15, -0.1) is 0 Å². The number of hydrogen-bond donors (Lipinski definition) is 0.